The molecular weight excluding hydrogens is 292 g/mol. The van der Waals surface area contributed by atoms with Crippen molar-refractivity contribution >= 4 is 17.4 Å². The lowest BCUT2D eigenvalue weighted by molar-refractivity contribution is 0.102. The lowest BCUT2D eigenvalue weighted by atomic mass is 10.2. The Morgan fingerprint density at radius 3 is 2.61 bits per heavy atom. The van der Waals surface area contributed by atoms with Crippen LogP contribution in [0.5, 0.6) is 0 Å². The lowest BCUT2D eigenvalue weighted by Crippen LogP contribution is -2.17. The summed E-state index contributed by atoms with van der Waals surface area (Å²) in [6.45, 7) is 7.81. The van der Waals surface area contributed by atoms with Gasteiger partial charge in [-0.2, -0.15) is 10.2 Å². The highest BCUT2D eigenvalue weighted by atomic mass is 16.2. The summed E-state index contributed by atoms with van der Waals surface area (Å²) in [6, 6.07) is 3.59. The molecule has 3 rings (SSSR count). The standard InChI is InChI=1S/C16H20N6O/c1-6-12-11(4)15(21(5)20-12)18-16(23)13-8-10(3)22-14(17-13)7-9(2)19-22/h7-8H,6H2,1-5H3,(H,18,23). The normalized spacial score (nSPS) is 11.2. The molecule has 1 N–H and O–H groups in total. The van der Waals surface area contributed by atoms with E-state index >= 15 is 0 Å². The van der Waals surface area contributed by atoms with Crippen molar-refractivity contribution in [3.63, 3.8) is 0 Å². The molecule has 3 aromatic heterocycles. The van der Waals surface area contributed by atoms with Crippen molar-refractivity contribution in [3.8, 4) is 0 Å². The molecule has 1 amide bonds. The summed E-state index contributed by atoms with van der Waals surface area (Å²) < 4.78 is 3.43. The number of carbonyl (C=O) groups excluding carboxylic acids is 1. The highest BCUT2D eigenvalue weighted by Gasteiger charge is 2.17. The van der Waals surface area contributed by atoms with E-state index in [1.54, 1.807) is 15.3 Å². The molecule has 0 saturated heterocycles. The van der Waals surface area contributed by atoms with Crippen molar-refractivity contribution in [1.29, 1.82) is 0 Å². The average Bonchev–Trinajstić information content (AvgIpc) is 3.01. The van der Waals surface area contributed by atoms with Gasteiger partial charge in [0.15, 0.2) is 5.65 Å². The first kappa shape index (κ1) is 15.2. The summed E-state index contributed by atoms with van der Waals surface area (Å²) in [5, 5.41) is 11.7. The largest absolute Gasteiger partial charge is 0.305 e. The minimum atomic E-state index is -0.247. The third kappa shape index (κ3) is 2.58. The van der Waals surface area contributed by atoms with Crippen LogP contribution in [0.15, 0.2) is 12.1 Å². The predicted octanol–water partition coefficient (Wildman–Crippen LogP) is 2.20. The molecule has 3 aromatic rings. The number of rotatable bonds is 3. The number of aromatic nitrogens is 5. The van der Waals surface area contributed by atoms with Gasteiger partial charge in [-0.25, -0.2) is 9.50 Å². The van der Waals surface area contributed by atoms with Crippen LogP contribution in [-0.4, -0.2) is 30.3 Å². The topological polar surface area (TPSA) is 77.1 Å². The molecule has 0 aliphatic heterocycles. The molecule has 0 fully saturated rings. The molecule has 7 heteroatoms. The molecule has 0 unspecified atom stereocenters. The Morgan fingerprint density at radius 2 is 1.96 bits per heavy atom. The maximum absolute atomic E-state index is 12.6. The lowest BCUT2D eigenvalue weighted by Gasteiger charge is -2.08. The number of hydrogen-bond acceptors (Lipinski definition) is 4. The van der Waals surface area contributed by atoms with E-state index in [2.05, 4.69) is 20.5 Å². The molecule has 0 spiro atoms. The summed E-state index contributed by atoms with van der Waals surface area (Å²) in [6.07, 6.45) is 0.827. The van der Waals surface area contributed by atoms with Gasteiger partial charge in [0, 0.05) is 24.4 Å². The van der Waals surface area contributed by atoms with Gasteiger partial charge in [0.25, 0.3) is 5.91 Å². The molecule has 7 nitrogen and oxygen atoms in total. The monoisotopic (exact) mass is 312 g/mol. The summed E-state index contributed by atoms with van der Waals surface area (Å²) >= 11 is 0. The maximum atomic E-state index is 12.6. The number of nitrogens with one attached hydrogen (secondary N) is 1. The van der Waals surface area contributed by atoms with Crippen LogP contribution < -0.4 is 5.32 Å². The second-order valence-corrected chi connectivity index (χ2v) is 5.69. The summed E-state index contributed by atoms with van der Waals surface area (Å²) in [5.41, 5.74) is 4.74. The Morgan fingerprint density at radius 1 is 1.22 bits per heavy atom. The summed E-state index contributed by atoms with van der Waals surface area (Å²) in [7, 11) is 1.82. The predicted molar refractivity (Wildman–Crippen MR) is 87.7 cm³/mol. The van der Waals surface area contributed by atoms with E-state index < -0.39 is 0 Å². The fourth-order valence-electron chi connectivity index (χ4n) is 2.72. The van der Waals surface area contributed by atoms with E-state index in [9.17, 15) is 4.79 Å². The van der Waals surface area contributed by atoms with Crippen LogP contribution in [0.25, 0.3) is 5.65 Å². The SMILES string of the molecule is CCc1nn(C)c(NC(=O)c2cc(C)n3nc(C)cc3n2)c1C. The van der Waals surface area contributed by atoms with Crippen LogP contribution in [0, 0.1) is 20.8 Å². The van der Waals surface area contributed by atoms with Crippen LogP contribution in [0.3, 0.4) is 0 Å². The first-order valence-electron chi connectivity index (χ1n) is 7.58. The Balaban J connectivity index is 1.96. The molecule has 120 valence electrons. The van der Waals surface area contributed by atoms with Crippen molar-refractivity contribution in [2.24, 2.45) is 7.05 Å². The highest BCUT2D eigenvalue weighted by molar-refractivity contribution is 6.03. The van der Waals surface area contributed by atoms with Gasteiger partial charge < -0.3 is 5.32 Å². The third-order valence-corrected chi connectivity index (χ3v) is 3.91. The molecule has 0 aliphatic carbocycles. The fraction of sp³-hybridized carbons (Fsp3) is 0.375. The number of anilines is 1. The number of aryl methyl sites for hydroxylation is 4. The van der Waals surface area contributed by atoms with E-state index in [4.69, 9.17) is 0 Å². The van der Waals surface area contributed by atoms with Gasteiger partial charge in [-0.15, -0.1) is 0 Å². The average molecular weight is 312 g/mol. The van der Waals surface area contributed by atoms with Gasteiger partial charge in [0.2, 0.25) is 0 Å². The zero-order valence-electron chi connectivity index (χ0n) is 14.0. The van der Waals surface area contributed by atoms with Gasteiger partial charge in [-0.05, 0) is 33.3 Å². The second-order valence-electron chi connectivity index (χ2n) is 5.69. The van der Waals surface area contributed by atoms with Crippen molar-refractivity contribution in [2.45, 2.75) is 34.1 Å². The molecule has 0 radical (unpaired) electrons. The zero-order valence-corrected chi connectivity index (χ0v) is 14.0. The van der Waals surface area contributed by atoms with Gasteiger partial charge >= 0.3 is 0 Å². The van der Waals surface area contributed by atoms with Crippen LogP contribution in [-0.2, 0) is 13.5 Å². The Hall–Kier alpha value is -2.70. The van der Waals surface area contributed by atoms with E-state index in [1.165, 1.54) is 0 Å². The Kier molecular flexibility index (Phi) is 3.63. The van der Waals surface area contributed by atoms with E-state index in [0.717, 1.165) is 29.1 Å². The third-order valence-electron chi connectivity index (χ3n) is 3.91. The van der Waals surface area contributed by atoms with Crippen molar-refractivity contribution in [2.75, 3.05) is 5.32 Å². The number of nitrogens with zero attached hydrogens (tertiary/aromatic N) is 5. The molecule has 3 heterocycles. The number of fused-ring (bicyclic) bond motifs is 1. The van der Waals surface area contributed by atoms with E-state index in [1.807, 2.05) is 40.8 Å². The molecule has 0 bridgehead atoms. The van der Waals surface area contributed by atoms with Gasteiger partial charge in [0.05, 0.1) is 11.4 Å². The minimum Gasteiger partial charge on any atom is -0.305 e. The summed E-state index contributed by atoms with van der Waals surface area (Å²) in [4.78, 5) is 17.0. The molecule has 0 aromatic carbocycles. The van der Waals surface area contributed by atoms with E-state index in [0.29, 0.717) is 17.2 Å². The highest BCUT2D eigenvalue weighted by Crippen LogP contribution is 2.19. The van der Waals surface area contributed by atoms with Crippen LogP contribution in [0.2, 0.25) is 0 Å². The zero-order chi connectivity index (χ0) is 16.7. The second kappa shape index (κ2) is 5.49. The van der Waals surface area contributed by atoms with Gasteiger partial charge in [0.1, 0.15) is 11.5 Å². The Labute approximate surface area is 134 Å². The quantitative estimate of drug-likeness (QED) is 0.804. The molecular formula is C16H20N6O. The first-order valence-corrected chi connectivity index (χ1v) is 7.58. The maximum Gasteiger partial charge on any atom is 0.275 e. The van der Waals surface area contributed by atoms with Crippen molar-refractivity contribution in [1.82, 2.24) is 24.4 Å². The molecule has 0 saturated carbocycles. The smallest absolute Gasteiger partial charge is 0.275 e. The van der Waals surface area contributed by atoms with Gasteiger partial charge in [-0.3, -0.25) is 9.48 Å². The van der Waals surface area contributed by atoms with Crippen LogP contribution in [0.4, 0.5) is 5.82 Å². The number of carbonyl (C=O) groups is 1. The molecule has 0 atom stereocenters. The van der Waals surface area contributed by atoms with Crippen molar-refractivity contribution < 1.29 is 4.79 Å². The number of amides is 1. The Bertz CT molecular complexity index is 905. The number of hydrogen-bond donors (Lipinski definition) is 1. The molecule has 0 aliphatic rings. The first-order chi connectivity index (χ1) is 10.9. The van der Waals surface area contributed by atoms with E-state index in [-0.39, 0.29) is 5.91 Å². The van der Waals surface area contributed by atoms with Gasteiger partial charge in [-0.1, -0.05) is 6.92 Å². The van der Waals surface area contributed by atoms with Crippen molar-refractivity contribution in [3.05, 3.63) is 40.5 Å². The fourth-order valence-corrected chi connectivity index (χ4v) is 2.72. The van der Waals surface area contributed by atoms with Crippen LogP contribution in [0.1, 0.15) is 40.1 Å². The minimum absolute atomic E-state index is 0.247. The van der Waals surface area contributed by atoms with Crippen LogP contribution >= 0.6 is 0 Å². The molecule has 23 heavy (non-hydrogen) atoms. The summed E-state index contributed by atoms with van der Waals surface area (Å²) in [5.74, 6) is 0.457.